The third-order valence-electron chi connectivity index (χ3n) is 4.79. The summed E-state index contributed by atoms with van der Waals surface area (Å²) < 4.78 is 1.32. The molecule has 2 fully saturated rings. The number of aromatic nitrogens is 2. The Morgan fingerprint density at radius 1 is 1.24 bits per heavy atom. The number of piperidine rings is 1. The van der Waals surface area contributed by atoms with Gasteiger partial charge in [0.15, 0.2) is 0 Å². The number of carbonyl (C=O) groups is 3. The van der Waals surface area contributed by atoms with Crippen LogP contribution in [0.4, 0.5) is 4.79 Å². The molecule has 0 spiro atoms. The summed E-state index contributed by atoms with van der Waals surface area (Å²) in [4.78, 5) is 55.4. The molecule has 2 aliphatic rings. The first-order valence-electron chi connectivity index (χ1n) is 8.17. The maximum atomic E-state index is 12.5. The number of aryl methyl sites for hydroxylation is 1. The van der Waals surface area contributed by atoms with Gasteiger partial charge in [-0.3, -0.25) is 28.6 Å². The van der Waals surface area contributed by atoms with Crippen molar-refractivity contribution in [1.82, 2.24) is 19.4 Å². The fourth-order valence-corrected chi connectivity index (χ4v) is 3.90. The Hall–Kier alpha value is -2.16. The molecule has 0 unspecified atom stereocenters. The van der Waals surface area contributed by atoms with Crippen LogP contribution in [0.25, 0.3) is 0 Å². The van der Waals surface area contributed by atoms with Crippen molar-refractivity contribution in [3.05, 3.63) is 27.9 Å². The summed E-state index contributed by atoms with van der Waals surface area (Å²) in [6, 6.07) is -0.134. The summed E-state index contributed by atoms with van der Waals surface area (Å²) in [5.74, 6) is -0.0905. The number of hydrogen-bond donors (Lipinski definition) is 0. The van der Waals surface area contributed by atoms with E-state index >= 15 is 0 Å². The lowest BCUT2D eigenvalue weighted by molar-refractivity contribution is -0.134. The summed E-state index contributed by atoms with van der Waals surface area (Å²) >= 11 is 1.03. The van der Waals surface area contributed by atoms with Gasteiger partial charge in [-0.05, 0) is 26.7 Å². The number of amides is 3. The molecule has 0 bridgehead atoms. The standard InChI is InChI=1S/C16H20N4O4S/c1-10-11(2)17-9-19(15(10)23)7-13(21)18-5-3-12(4-6-18)20-14(22)8-25-16(20)24/h9,12H,3-8H2,1-2H3. The van der Waals surface area contributed by atoms with E-state index in [1.165, 1.54) is 15.8 Å². The Balaban J connectivity index is 1.61. The van der Waals surface area contributed by atoms with E-state index < -0.39 is 0 Å². The van der Waals surface area contributed by atoms with E-state index in [1.54, 1.807) is 18.7 Å². The topological polar surface area (TPSA) is 92.6 Å². The molecule has 1 aromatic heterocycles. The van der Waals surface area contributed by atoms with Crippen LogP contribution in [0, 0.1) is 13.8 Å². The van der Waals surface area contributed by atoms with Gasteiger partial charge in [0, 0.05) is 30.4 Å². The van der Waals surface area contributed by atoms with Crippen molar-refractivity contribution in [3.63, 3.8) is 0 Å². The molecule has 0 aliphatic carbocycles. The van der Waals surface area contributed by atoms with Gasteiger partial charge in [-0.15, -0.1) is 0 Å². The molecule has 0 aromatic carbocycles. The predicted molar refractivity (Wildman–Crippen MR) is 92.3 cm³/mol. The molecule has 9 heteroatoms. The normalized spacial score (nSPS) is 19.0. The fourth-order valence-electron chi connectivity index (χ4n) is 3.12. The average Bonchev–Trinajstić information content (AvgIpc) is 2.94. The molecule has 8 nitrogen and oxygen atoms in total. The van der Waals surface area contributed by atoms with Gasteiger partial charge in [-0.2, -0.15) is 0 Å². The number of thioether (sulfide) groups is 1. The second-order valence-corrected chi connectivity index (χ2v) is 7.24. The molecule has 25 heavy (non-hydrogen) atoms. The van der Waals surface area contributed by atoms with Gasteiger partial charge in [-0.25, -0.2) is 4.98 Å². The van der Waals surface area contributed by atoms with E-state index in [4.69, 9.17) is 0 Å². The highest BCUT2D eigenvalue weighted by Gasteiger charge is 2.37. The Morgan fingerprint density at radius 3 is 2.52 bits per heavy atom. The SMILES string of the molecule is Cc1ncn(CC(=O)N2CCC(N3C(=O)CSC3=O)CC2)c(=O)c1C. The molecule has 3 rings (SSSR count). The van der Waals surface area contributed by atoms with Crippen molar-refractivity contribution >= 4 is 28.8 Å². The Morgan fingerprint density at radius 2 is 1.92 bits per heavy atom. The number of imide groups is 1. The van der Waals surface area contributed by atoms with Crippen molar-refractivity contribution in [2.75, 3.05) is 18.8 Å². The number of carbonyl (C=O) groups excluding carboxylic acids is 3. The minimum absolute atomic E-state index is 0.0466. The fraction of sp³-hybridized carbons (Fsp3) is 0.562. The summed E-state index contributed by atoms with van der Waals surface area (Å²) in [7, 11) is 0. The Bertz CT molecular complexity index is 767. The lowest BCUT2D eigenvalue weighted by Gasteiger charge is -2.35. The van der Waals surface area contributed by atoms with E-state index in [1.807, 2.05) is 0 Å². The van der Waals surface area contributed by atoms with E-state index in [9.17, 15) is 19.2 Å². The lowest BCUT2D eigenvalue weighted by Crippen LogP contribution is -2.49. The maximum Gasteiger partial charge on any atom is 0.289 e. The molecule has 3 heterocycles. The van der Waals surface area contributed by atoms with Gasteiger partial charge in [0.2, 0.25) is 11.8 Å². The lowest BCUT2D eigenvalue weighted by atomic mass is 10.0. The van der Waals surface area contributed by atoms with E-state index in [0.29, 0.717) is 37.2 Å². The van der Waals surface area contributed by atoms with Crippen LogP contribution in [0.3, 0.4) is 0 Å². The van der Waals surface area contributed by atoms with Crippen LogP contribution in [0.2, 0.25) is 0 Å². The van der Waals surface area contributed by atoms with Crippen molar-refractivity contribution < 1.29 is 14.4 Å². The number of likely N-dealkylation sites (tertiary alicyclic amines) is 1. The predicted octanol–water partition coefficient (Wildman–Crippen LogP) is 0.547. The minimum Gasteiger partial charge on any atom is -0.341 e. The molecule has 0 atom stereocenters. The highest BCUT2D eigenvalue weighted by atomic mass is 32.2. The van der Waals surface area contributed by atoms with Gasteiger partial charge < -0.3 is 4.90 Å². The Kier molecular flexibility index (Phi) is 4.94. The molecule has 2 aliphatic heterocycles. The smallest absolute Gasteiger partial charge is 0.289 e. The summed E-state index contributed by atoms with van der Waals surface area (Å²) in [5, 5.41) is -0.192. The van der Waals surface area contributed by atoms with Crippen LogP contribution in [0.15, 0.2) is 11.1 Å². The van der Waals surface area contributed by atoms with E-state index in [-0.39, 0.29) is 41.0 Å². The molecule has 134 valence electrons. The molecular formula is C16H20N4O4S. The van der Waals surface area contributed by atoms with Gasteiger partial charge in [0.1, 0.15) is 6.54 Å². The monoisotopic (exact) mass is 364 g/mol. The van der Waals surface area contributed by atoms with Crippen LogP contribution in [0.1, 0.15) is 24.1 Å². The van der Waals surface area contributed by atoms with Crippen LogP contribution in [-0.2, 0) is 16.1 Å². The number of rotatable bonds is 3. The number of nitrogens with zero attached hydrogens (tertiary/aromatic N) is 4. The summed E-state index contributed by atoms with van der Waals surface area (Å²) in [5.41, 5.74) is 0.992. The molecule has 1 aromatic rings. The highest BCUT2D eigenvalue weighted by Crippen LogP contribution is 2.26. The zero-order valence-electron chi connectivity index (χ0n) is 14.2. The minimum atomic E-state index is -0.207. The van der Waals surface area contributed by atoms with E-state index in [0.717, 1.165) is 11.8 Å². The van der Waals surface area contributed by atoms with Gasteiger partial charge in [0.05, 0.1) is 12.1 Å². The van der Waals surface area contributed by atoms with Crippen molar-refractivity contribution in [1.29, 1.82) is 0 Å². The molecule has 2 saturated heterocycles. The third-order valence-corrected chi connectivity index (χ3v) is 5.62. The van der Waals surface area contributed by atoms with Gasteiger partial charge in [0.25, 0.3) is 10.8 Å². The number of hydrogen-bond acceptors (Lipinski definition) is 6. The van der Waals surface area contributed by atoms with Gasteiger partial charge >= 0.3 is 0 Å². The first-order chi connectivity index (χ1) is 11.9. The largest absolute Gasteiger partial charge is 0.341 e. The van der Waals surface area contributed by atoms with Crippen LogP contribution in [-0.4, -0.2) is 61.3 Å². The molecule has 0 saturated carbocycles. The summed E-state index contributed by atoms with van der Waals surface area (Å²) in [6.45, 7) is 4.34. The quantitative estimate of drug-likeness (QED) is 0.778. The molecule has 0 radical (unpaired) electrons. The Labute approximate surface area is 149 Å². The van der Waals surface area contributed by atoms with Crippen LogP contribution in [0.5, 0.6) is 0 Å². The van der Waals surface area contributed by atoms with Crippen molar-refractivity contribution in [3.8, 4) is 0 Å². The van der Waals surface area contributed by atoms with E-state index in [2.05, 4.69) is 4.98 Å². The van der Waals surface area contributed by atoms with Crippen molar-refractivity contribution in [2.45, 2.75) is 39.3 Å². The first-order valence-corrected chi connectivity index (χ1v) is 9.16. The first kappa shape index (κ1) is 17.7. The van der Waals surface area contributed by atoms with Crippen molar-refractivity contribution in [2.24, 2.45) is 0 Å². The highest BCUT2D eigenvalue weighted by molar-refractivity contribution is 8.14. The maximum absolute atomic E-state index is 12.5. The third kappa shape index (κ3) is 3.46. The molecule has 0 N–H and O–H groups in total. The zero-order chi connectivity index (χ0) is 18.1. The van der Waals surface area contributed by atoms with Gasteiger partial charge in [-0.1, -0.05) is 11.8 Å². The average molecular weight is 364 g/mol. The summed E-state index contributed by atoms with van der Waals surface area (Å²) in [6.07, 6.45) is 2.54. The van der Waals surface area contributed by atoms with Crippen LogP contribution < -0.4 is 5.56 Å². The molecule has 3 amide bonds. The molecular weight excluding hydrogens is 344 g/mol. The zero-order valence-corrected chi connectivity index (χ0v) is 15.0. The second-order valence-electron chi connectivity index (χ2n) is 6.32. The second kappa shape index (κ2) is 6.99. The van der Waals surface area contributed by atoms with Crippen LogP contribution >= 0.6 is 11.8 Å².